The molecule has 2 amide bonds. The molecule has 4 aromatic carbocycles. The molecule has 8 heteroatoms. The van der Waals surface area contributed by atoms with Gasteiger partial charge in [0, 0.05) is 25.7 Å². The SMILES string of the molecule is NC(N)=NCCCC1NC(CNC(=O)Cc2ccc(-c3ccccc3)cc2)CCN(C(c2ccccc2)c2ccccc2)C1=O. The van der Waals surface area contributed by atoms with Crippen LogP contribution in [0, 0.1) is 0 Å². The first kappa shape index (κ1) is 31.5. The van der Waals surface area contributed by atoms with Gasteiger partial charge >= 0.3 is 0 Å². The van der Waals surface area contributed by atoms with Crippen molar-refractivity contribution < 1.29 is 9.59 Å². The van der Waals surface area contributed by atoms with Gasteiger partial charge < -0.3 is 27.0 Å². The molecule has 232 valence electrons. The number of nitrogens with one attached hydrogen (secondary N) is 2. The van der Waals surface area contributed by atoms with Crippen molar-refractivity contribution in [3.8, 4) is 11.1 Å². The van der Waals surface area contributed by atoms with Crippen LogP contribution < -0.4 is 22.1 Å². The molecule has 1 saturated heterocycles. The van der Waals surface area contributed by atoms with Crippen molar-refractivity contribution >= 4 is 17.8 Å². The van der Waals surface area contributed by atoms with Gasteiger partial charge in [-0.25, -0.2) is 0 Å². The van der Waals surface area contributed by atoms with Gasteiger partial charge in [-0.05, 0) is 47.1 Å². The molecule has 1 aliphatic heterocycles. The monoisotopic (exact) mass is 602 g/mol. The third-order valence-electron chi connectivity index (χ3n) is 8.20. The topological polar surface area (TPSA) is 126 Å². The van der Waals surface area contributed by atoms with Crippen molar-refractivity contribution in [1.82, 2.24) is 15.5 Å². The second-order valence-electron chi connectivity index (χ2n) is 11.5. The summed E-state index contributed by atoms with van der Waals surface area (Å²) in [5.74, 6) is 0.0254. The lowest BCUT2D eigenvalue weighted by Gasteiger charge is -2.33. The Morgan fingerprint density at radius 2 is 1.42 bits per heavy atom. The first-order chi connectivity index (χ1) is 22.0. The molecular formula is C37H42N6O2. The normalized spacial score (nSPS) is 16.6. The molecule has 0 aromatic heterocycles. The Kier molecular flexibility index (Phi) is 11.0. The van der Waals surface area contributed by atoms with E-state index in [4.69, 9.17) is 11.5 Å². The molecule has 2 unspecified atom stereocenters. The number of hydrogen-bond donors (Lipinski definition) is 4. The van der Waals surface area contributed by atoms with Crippen LogP contribution in [0.5, 0.6) is 0 Å². The highest BCUT2D eigenvalue weighted by Crippen LogP contribution is 2.31. The van der Waals surface area contributed by atoms with E-state index in [1.807, 2.05) is 83.8 Å². The Hall–Kier alpha value is -4.95. The molecule has 0 spiro atoms. The lowest BCUT2D eigenvalue weighted by Crippen LogP contribution is -2.49. The second-order valence-corrected chi connectivity index (χ2v) is 11.5. The van der Waals surface area contributed by atoms with E-state index in [9.17, 15) is 9.59 Å². The van der Waals surface area contributed by atoms with Crippen LogP contribution in [0.25, 0.3) is 11.1 Å². The predicted octanol–water partition coefficient (Wildman–Crippen LogP) is 4.41. The second kappa shape index (κ2) is 15.7. The average Bonchev–Trinajstić information content (AvgIpc) is 3.22. The number of nitrogens with two attached hydrogens (primary N) is 2. The highest BCUT2D eigenvalue weighted by molar-refractivity contribution is 5.83. The quantitative estimate of drug-likeness (QED) is 0.109. The van der Waals surface area contributed by atoms with Gasteiger partial charge in [-0.1, -0.05) is 115 Å². The first-order valence-corrected chi connectivity index (χ1v) is 15.6. The molecule has 0 radical (unpaired) electrons. The molecule has 5 rings (SSSR count). The van der Waals surface area contributed by atoms with Crippen molar-refractivity contribution in [2.24, 2.45) is 16.5 Å². The molecule has 6 N–H and O–H groups in total. The Balaban J connectivity index is 1.28. The van der Waals surface area contributed by atoms with E-state index < -0.39 is 6.04 Å². The van der Waals surface area contributed by atoms with Crippen LogP contribution in [0.2, 0.25) is 0 Å². The summed E-state index contributed by atoms with van der Waals surface area (Å²) in [7, 11) is 0. The van der Waals surface area contributed by atoms with E-state index in [1.165, 1.54) is 0 Å². The van der Waals surface area contributed by atoms with Crippen LogP contribution >= 0.6 is 0 Å². The largest absolute Gasteiger partial charge is 0.370 e. The van der Waals surface area contributed by atoms with Gasteiger partial charge in [-0.3, -0.25) is 14.6 Å². The Bertz CT molecular complexity index is 1500. The van der Waals surface area contributed by atoms with Crippen molar-refractivity contribution in [2.75, 3.05) is 19.6 Å². The Morgan fingerprint density at radius 1 is 0.844 bits per heavy atom. The molecule has 45 heavy (non-hydrogen) atoms. The number of rotatable bonds is 12. The van der Waals surface area contributed by atoms with E-state index in [1.54, 1.807) is 0 Å². The van der Waals surface area contributed by atoms with Crippen molar-refractivity contribution in [3.05, 3.63) is 132 Å². The third kappa shape index (κ3) is 8.80. The van der Waals surface area contributed by atoms with Gasteiger partial charge in [0.15, 0.2) is 5.96 Å². The summed E-state index contributed by atoms with van der Waals surface area (Å²) in [5.41, 5.74) is 16.4. The number of amides is 2. The molecular weight excluding hydrogens is 560 g/mol. The zero-order chi connectivity index (χ0) is 31.4. The van der Waals surface area contributed by atoms with Crippen LogP contribution in [-0.2, 0) is 16.0 Å². The maximum Gasteiger partial charge on any atom is 0.240 e. The zero-order valence-electron chi connectivity index (χ0n) is 25.5. The maximum atomic E-state index is 14.2. The lowest BCUT2D eigenvalue weighted by atomic mass is 9.96. The predicted molar refractivity (Wildman–Crippen MR) is 180 cm³/mol. The molecule has 8 nitrogen and oxygen atoms in total. The fourth-order valence-corrected chi connectivity index (χ4v) is 5.93. The molecule has 1 heterocycles. The summed E-state index contributed by atoms with van der Waals surface area (Å²) in [4.78, 5) is 33.3. The van der Waals surface area contributed by atoms with Crippen LogP contribution in [0.15, 0.2) is 120 Å². The summed E-state index contributed by atoms with van der Waals surface area (Å²) in [6.07, 6.45) is 2.20. The number of aliphatic imine (C=N–C) groups is 1. The molecule has 1 aliphatic rings. The van der Waals surface area contributed by atoms with E-state index in [0.717, 1.165) is 27.8 Å². The molecule has 4 aromatic rings. The minimum atomic E-state index is -0.441. The smallest absolute Gasteiger partial charge is 0.240 e. The van der Waals surface area contributed by atoms with Gasteiger partial charge in [-0.15, -0.1) is 0 Å². The molecule has 1 fully saturated rings. The number of carbonyl (C=O) groups is 2. The number of guanidine groups is 1. The minimum absolute atomic E-state index is 0.0322. The third-order valence-corrected chi connectivity index (χ3v) is 8.20. The highest BCUT2D eigenvalue weighted by atomic mass is 16.2. The Morgan fingerprint density at radius 3 is 2.02 bits per heavy atom. The Labute approximate surface area is 265 Å². The van der Waals surface area contributed by atoms with Gasteiger partial charge in [-0.2, -0.15) is 0 Å². The standard InChI is InChI=1S/C37H42N6O2/c38-37(39)40-23-10-17-33-36(45)43(35(30-13-6-2-7-14-30)31-15-8-3-9-16-31)24-22-32(42-33)26-41-34(44)25-27-18-20-29(21-19-27)28-11-4-1-5-12-28/h1-9,11-16,18-21,32-33,35,42H,10,17,22-26H2,(H,41,44)(H4,38,39,40). The van der Waals surface area contributed by atoms with E-state index >= 15 is 0 Å². The fourth-order valence-electron chi connectivity index (χ4n) is 5.93. The van der Waals surface area contributed by atoms with Crippen LogP contribution in [0.1, 0.15) is 42.0 Å². The minimum Gasteiger partial charge on any atom is -0.370 e. The van der Waals surface area contributed by atoms with Gasteiger partial charge in [0.05, 0.1) is 18.5 Å². The van der Waals surface area contributed by atoms with E-state index in [0.29, 0.717) is 45.3 Å². The summed E-state index contributed by atoms with van der Waals surface area (Å²) < 4.78 is 0. The van der Waals surface area contributed by atoms with E-state index in [2.05, 4.69) is 52.0 Å². The van der Waals surface area contributed by atoms with Gasteiger partial charge in [0.2, 0.25) is 11.8 Å². The summed E-state index contributed by atoms with van der Waals surface area (Å²) in [5, 5.41) is 6.68. The maximum absolute atomic E-state index is 14.2. The van der Waals surface area contributed by atoms with Crippen molar-refractivity contribution in [2.45, 2.75) is 43.8 Å². The molecule has 0 bridgehead atoms. The molecule has 2 atom stereocenters. The number of carbonyl (C=O) groups excluding carboxylic acids is 2. The number of benzene rings is 4. The van der Waals surface area contributed by atoms with Crippen molar-refractivity contribution in [1.29, 1.82) is 0 Å². The van der Waals surface area contributed by atoms with Crippen LogP contribution in [0.3, 0.4) is 0 Å². The van der Waals surface area contributed by atoms with Gasteiger partial charge in [0.1, 0.15) is 0 Å². The summed E-state index contributed by atoms with van der Waals surface area (Å²) in [6.45, 7) is 1.42. The van der Waals surface area contributed by atoms with Crippen LogP contribution in [-0.4, -0.2) is 54.4 Å². The average molecular weight is 603 g/mol. The first-order valence-electron chi connectivity index (χ1n) is 15.6. The van der Waals surface area contributed by atoms with Crippen molar-refractivity contribution in [3.63, 3.8) is 0 Å². The number of hydrogen-bond acceptors (Lipinski definition) is 4. The lowest BCUT2D eigenvalue weighted by molar-refractivity contribution is -0.134. The highest BCUT2D eigenvalue weighted by Gasteiger charge is 2.35. The fraction of sp³-hybridized carbons (Fsp3) is 0.270. The molecule has 0 saturated carbocycles. The van der Waals surface area contributed by atoms with E-state index in [-0.39, 0.29) is 29.9 Å². The zero-order valence-corrected chi connectivity index (χ0v) is 25.5. The summed E-state index contributed by atoms with van der Waals surface area (Å²) >= 11 is 0. The number of nitrogens with zero attached hydrogens (tertiary/aromatic N) is 2. The van der Waals surface area contributed by atoms with Crippen LogP contribution in [0.4, 0.5) is 0 Å². The summed E-state index contributed by atoms with van der Waals surface area (Å²) in [6, 6.07) is 37.8. The van der Waals surface area contributed by atoms with Gasteiger partial charge in [0.25, 0.3) is 0 Å². The molecule has 0 aliphatic carbocycles.